The van der Waals surface area contributed by atoms with Crippen LogP contribution in [0.15, 0.2) is 0 Å². The van der Waals surface area contributed by atoms with Gasteiger partial charge in [0.1, 0.15) is 5.54 Å². The average Bonchev–Trinajstić information content (AvgIpc) is 2.43. The van der Waals surface area contributed by atoms with Crippen LogP contribution in [-0.4, -0.2) is 39.4 Å². The largest absolute Gasteiger partial charge is 0.460 e. The summed E-state index contributed by atoms with van der Waals surface area (Å²) in [6, 6.07) is 2.07. The van der Waals surface area contributed by atoms with Gasteiger partial charge in [-0.2, -0.15) is 20.2 Å². The van der Waals surface area contributed by atoms with Crippen molar-refractivity contribution in [3.05, 3.63) is 5.28 Å². The summed E-state index contributed by atoms with van der Waals surface area (Å²) in [6.07, 6.45) is 0. The lowest BCUT2D eigenvalue weighted by Crippen LogP contribution is -2.30. The Hall–Kier alpha value is -1.79. The highest BCUT2D eigenvalue weighted by Crippen LogP contribution is 2.22. The molecule has 0 fully saturated rings. The summed E-state index contributed by atoms with van der Waals surface area (Å²) in [7, 11) is 1.28. The predicted octanol–water partition coefficient (Wildman–Crippen LogP) is 2.48. The van der Waals surface area contributed by atoms with E-state index in [1.54, 1.807) is 13.8 Å². The van der Waals surface area contributed by atoms with Crippen molar-refractivity contribution in [1.29, 1.82) is 5.26 Å². The first-order valence-electron chi connectivity index (χ1n) is 5.95. The lowest BCUT2D eigenvalue weighted by atomic mass is 10.1. The Labute approximate surface area is 132 Å². The predicted molar refractivity (Wildman–Crippen MR) is 81.2 cm³/mol. The van der Waals surface area contributed by atoms with E-state index in [-0.39, 0.29) is 17.2 Å². The molecule has 0 aliphatic rings. The molecule has 10 heteroatoms. The zero-order chi connectivity index (χ0) is 16.0. The monoisotopic (exact) mass is 330 g/mol. The van der Waals surface area contributed by atoms with E-state index in [4.69, 9.17) is 16.9 Å². The van der Waals surface area contributed by atoms with Gasteiger partial charge in [0.05, 0.1) is 25.1 Å². The van der Waals surface area contributed by atoms with Crippen LogP contribution in [0.3, 0.4) is 0 Å². The zero-order valence-corrected chi connectivity index (χ0v) is 13.6. The van der Waals surface area contributed by atoms with Gasteiger partial charge in [-0.05, 0) is 32.4 Å². The van der Waals surface area contributed by atoms with E-state index >= 15 is 0 Å². The fourth-order valence-electron chi connectivity index (χ4n) is 1.19. The molecular weight excluding hydrogens is 316 g/mol. The summed E-state index contributed by atoms with van der Waals surface area (Å²) in [6.45, 7) is 5.61. The molecule has 8 nitrogen and oxygen atoms in total. The van der Waals surface area contributed by atoms with Crippen molar-refractivity contribution in [2.24, 2.45) is 0 Å². The zero-order valence-electron chi connectivity index (χ0n) is 12.0. The molecule has 1 aromatic heterocycles. The van der Waals surface area contributed by atoms with Crippen molar-refractivity contribution < 1.29 is 9.53 Å². The molecule has 0 radical (unpaired) electrons. The maximum atomic E-state index is 11.3. The third-order valence-electron chi connectivity index (χ3n) is 2.16. The maximum Gasteiger partial charge on any atom is 0.388 e. The molecule has 0 atom stereocenters. The van der Waals surface area contributed by atoms with Gasteiger partial charge in [0.25, 0.3) is 0 Å². The van der Waals surface area contributed by atoms with Gasteiger partial charge in [-0.3, -0.25) is 4.31 Å². The van der Waals surface area contributed by atoms with Gasteiger partial charge >= 0.3 is 5.30 Å². The summed E-state index contributed by atoms with van der Waals surface area (Å²) in [5, 5.41) is 11.3. The van der Waals surface area contributed by atoms with Crippen molar-refractivity contribution in [2.45, 2.75) is 26.3 Å². The Morgan fingerprint density at radius 2 is 2.19 bits per heavy atom. The maximum absolute atomic E-state index is 11.3. The van der Waals surface area contributed by atoms with Crippen LogP contribution in [0.2, 0.25) is 5.28 Å². The molecule has 0 spiro atoms. The van der Waals surface area contributed by atoms with Crippen LogP contribution in [0.1, 0.15) is 20.8 Å². The van der Waals surface area contributed by atoms with Crippen molar-refractivity contribution in [2.75, 3.05) is 23.3 Å². The van der Waals surface area contributed by atoms with Crippen LogP contribution in [0.25, 0.3) is 0 Å². The topological polar surface area (TPSA) is 104 Å². The van der Waals surface area contributed by atoms with Crippen LogP contribution >= 0.6 is 23.5 Å². The molecular formula is C11H15ClN6O2S. The van der Waals surface area contributed by atoms with E-state index in [0.29, 0.717) is 6.54 Å². The minimum Gasteiger partial charge on any atom is -0.460 e. The average molecular weight is 331 g/mol. The third kappa shape index (κ3) is 5.24. The van der Waals surface area contributed by atoms with Crippen LogP contribution in [-0.2, 0) is 4.74 Å². The molecule has 1 rings (SSSR count). The van der Waals surface area contributed by atoms with Gasteiger partial charge in [-0.1, -0.05) is 0 Å². The number of aromatic nitrogens is 3. The molecule has 0 aliphatic heterocycles. The summed E-state index contributed by atoms with van der Waals surface area (Å²) in [5.74, 6) is 0.351. The molecule has 0 unspecified atom stereocenters. The number of rotatable bonds is 5. The number of hydrogen-bond donors (Lipinski definition) is 1. The summed E-state index contributed by atoms with van der Waals surface area (Å²) >= 11 is 6.66. The van der Waals surface area contributed by atoms with Crippen LogP contribution in [0.4, 0.5) is 16.7 Å². The number of ether oxygens (including phenoxy) is 1. The van der Waals surface area contributed by atoms with E-state index in [0.717, 1.165) is 11.9 Å². The van der Waals surface area contributed by atoms with Crippen LogP contribution in [0.5, 0.6) is 0 Å². The Bertz CT molecular complexity index is 562. The number of carbonyl (C=O) groups excluding carboxylic acids is 1. The number of nitrogens with one attached hydrogen (secondary N) is 1. The number of nitrogens with zero attached hydrogens (tertiary/aromatic N) is 5. The van der Waals surface area contributed by atoms with Gasteiger partial charge in [-0.25, -0.2) is 4.79 Å². The van der Waals surface area contributed by atoms with Gasteiger partial charge in [0.15, 0.2) is 0 Å². The highest BCUT2D eigenvalue weighted by atomic mass is 35.5. The molecule has 0 saturated carbocycles. The number of carbonyl (C=O) groups is 1. The SMILES string of the molecule is CCN(SC(=O)OC)c1nc(Cl)nc(NC(C)(C)C#N)n1. The summed E-state index contributed by atoms with van der Waals surface area (Å²) in [4.78, 5) is 23.4. The molecule has 0 aromatic carbocycles. The quantitative estimate of drug-likeness (QED) is 0.643. The van der Waals surface area contributed by atoms with Gasteiger partial charge in [0, 0.05) is 6.54 Å². The van der Waals surface area contributed by atoms with Crippen molar-refractivity contribution in [1.82, 2.24) is 15.0 Å². The molecule has 1 aromatic rings. The van der Waals surface area contributed by atoms with Crippen molar-refractivity contribution in [3.8, 4) is 6.07 Å². The van der Waals surface area contributed by atoms with Crippen molar-refractivity contribution in [3.63, 3.8) is 0 Å². The highest BCUT2D eigenvalue weighted by Gasteiger charge is 2.21. The first-order chi connectivity index (χ1) is 9.81. The van der Waals surface area contributed by atoms with Crippen molar-refractivity contribution >= 4 is 40.7 Å². The van der Waals surface area contributed by atoms with Gasteiger partial charge < -0.3 is 10.1 Å². The lowest BCUT2D eigenvalue weighted by molar-refractivity contribution is 0.200. The Kier molecular flexibility index (Phi) is 5.99. The van der Waals surface area contributed by atoms with E-state index in [2.05, 4.69) is 31.1 Å². The number of hydrogen-bond acceptors (Lipinski definition) is 9. The molecule has 0 bridgehead atoms. The number of anilines is 2. The van der Waals surface area contributed by atoms with Gasteiger partial charge in [0.2, 0.25) is 17.2 Å². The summed E-state index contributed by atoms with van der Waals surface area (Å²) < 4.78 is 6.09. The molecule has 0 saturated heterocycles. The minimum atomic E-state index is -0.867. The first-order valence-corrected chi connectivity index (χ1v) is 7.11. The van der Waals surface area contributed by atoms with E-state index in [1.165, 1.54) is 11.4 Å². The molecule has 1 N–H and O–H groups in total. The second-order valence-electron chi connectivity index (χ2n) is 4.33. The molecule has 1 heterocycles. The Morgan fingerprint density at radius 3 is 2.71 bits per heavy atom. The van der Waals surface area contributed by atoms with Gasteiger partial charge in [-0.15, -0.1) is 0 Å². The first kappa shape index (κ1) is 17.3. The number of halogens is 1. The molecule has 0 amide bonds. The smallest absolute Gasteiger partial charge is 0.388 e. The molecule has 0 aliphatic carbocycles. The fraction of sp³-hybridized carbons (Fsp3) is 0.545. The Morgan fingerprint density at radius 1 is 1.52 bits per heavy atom. The molecule has 114 valence electrons. The highest BCUT2D eigenvalue weighted by molar-refractivity contribution is 8.14. The van der Waals surface area contributed by atoms with E-state index < -0.39 is 10.8 Å². The lowest BCUT2D eigenvalue weighted by Gasteiger charge is -2.20. The Balaban J connectivity index is 3.05. The van der Waals surface area contributed by atoms with E-state index in [1.807, 2.05) is 6.92 Å². The summed E-state index contributed by atoms with van der Waals surface area (Å²) in [5.41, 5.74) is -0.867. The number of nitriles is 1. The standard InChI is InChI=1S/C11H15ClN6O2S/c1-5-18(21-10(19)20-4)9-15-7(12)14-8(16-9)17-11(2,3)6-13/h5H2,1-4H3,(H,14,15,16,17). The van der Waals surface area contributed by atoms with Crippen LogP contribution < -0.4 is 9.62 Å². The number of methoxy groups -OCH3 is 1. The third-order valence-corrected chi connectivity index (χ3v) is 3.29. The molecule has 21 heavy (non-hydrogen) atoms. The van der Waals surface area contributed by atoms with E-state index in [9.17, 15) is 4.79 Å². The van der Waals surface area contributed by atoms with Crippen LogP contribution in [0, 0.1) is 11.3 Å². The normalized spacial score (nSPS) is 10.7. The second-order valence-corrected chi connectivity index (χ2v) is 5.62. The minimum absolute atomic E-state index is 0.0415. The fourth-order valence-corrected chi connectivity index (χ4v) is 1.89. The second kappa shape index (κ2) is 7.28.